The Bertz CT molecular complexity index is 1230. The summed E-state index contributed by atoms with van der Waals surface area (Å²) in [4.78, 5) is 38.1. The molecule has 0 spiro atoms. The highest BCUT2D eigenvalue weighted by molar-refractivity contribution is 5.71. The second-order valence-electron chi connectivity index (χ2n) is 19.6. The van der Waals surface area contributed by atoms with Crippen LogP contribution in [-0.4, -0.2) is 37.2 Å². The van der Waals surface area contributed by atoms with E-state index >= 15 is 0 Å². The number of allylic oxidation sites excluding steroid dienone is 10. The van der Waals surface area contributed by atoms with Crippen molar-refractivity contribution in [3.63, 3.8) is 0 Å². The maximum atomic E-state index is 12.8. The fraction of sp³-hybridized carbons (Fsp3) is 0.790. The van der Waals surface area contributed by atoms with Crippen LogP contribution >= 0.6 is 0 Å². The second kappa shape index (κ2) is 56.7. The summed E-state index contributed by atoms with van der Waals surface area (Å²) in [5.74, 6) is -0.976. The molecule has 0 aromatic heterocycles. The third-order valence-electron chi connectivity index (χ3n) is 12.8. The normalized spacial score (nSPS) is 12.5. The molecule has 0 bridgehead atoms. The predicted octanol–water partition coefficient (Wildman–Crippen LogP) is 19.6. The molecule has 0 rings (SSSR count). The van der Waals surface area contributed by atoms with Crippen LogP contribution in [0.1, 0.15) is 297 Å². The summed E-state index contributed by atoms with van der Waals surface area (Å²) >= 11 is 0. The van der Waals surface area contributed by atoms with E-state index in [4.69, 9.17) is 14.2 Å². The highest BCUT2D eigenvalue weighted by Gasteiger charge is 2.19. The number of ether oxygens (including phenoxy) is 3. The van der Waals surface area contributed by atoms with E-state index in [2.05, 4.69) is 75.5 Å². The number of hydrogen-bond acceptors (Lipinski definition) is 6. The number of unbranched alkanes of at least 4 members (excludes halogenated alkanes) is 34. The molecule has 394 valence electrons. The van der Waals surface area contributed by atoms with Gasteiger partial charge in [0.2, 0.25) is 0 Å². The molecule has 6 heteroatoms. The molecule has 0 aromatic rings. The largest absolute Gasteiger partial charge is 0.462 e. The topological polar surface area (TPSA) is 78.9 Å². The van der Waals surface area contributed by atoms with E-state index in [1.54, 1.807) is 0 Å². The summed E-state index contributed by atoms with van der Waals surface area (Å²) < 4.78 is 16.8. The van der Waals surface area contributed by atoms with Crippen molar-refractivity contribution in [2.75, 3.05) is 13.2 Å². The van der Waals surface area contributed by atoms with Gasteiger partial charge in [-0.15, -0.1) is 0 Å². The average molecular weight is 952 g/mol. The first-order valence-electron chi connectivity index (χ1n) is 29.3. The van der Waals surface area contributed by atoms with E-state index < -0.39 is 6.10 Å². The molecule has 6 nitrogen and oxygen atoms in total. The number of hydrogen-bond donors (Lipinski definition) is 0. The Kier molecular flexibility index (Phi) is 54.3. The summed E-state index contributed by atoms with van der Waals surface area (Å²) in [6.07, 6.45) is 70.8. The molecule has 0 aromatic carbocycles. The van der Waals surface area contributed by atoms with Gasteiger partial charge in [-0.3, -0.25) is 14.4 Å². The van der Waals surface area contributed by atoms with E-state index in [1.807, 2.05) is 6.08 Å². The molecule has 1 atom stereocenters. The number of carbonyl (C=O) groups is 3. The Morgan fingerprint density at radius 2 is 0.618 bits per heavy atom. The van der Waals surface area contributed by atoms with Crippen molar-refractivity contribution in [3.05, 3.63) is 60.8 Å². The zero-order valence-electron chi connectivity index (χ0n) is 45.1. The van der Waals surface area contributed by atoms with Crippen molar-refractivity contribution in [2.24, 2.45) is 0 Å². The molecule has 0 radical (unpaired) electrons. The molecule has 0 aliphatic heterocycles. The predicted molar refractivity (Wildman–Crippen MR) is 293 cm³/mol. The van der Waals surface area contributed by atoms with Gasteiger partial charge in [0.1, 0.15) is 13.2 Å². The fourth-order valence-electron chi connectivity index (χ4n) is 8.38. The molecule has 0 aliphatic carbocycles. The van der Waals surface area contributed by atoms with Crippen molar-refractivity contribution >= 4 is 17.9 Å². The van der Waals surface area contributed by atoms with Gasteiger partial charge in [-0.05, 0) is 64.2 Å². The van der Waals surface area contributed by atoms with Crippen LogP contribution in [0, 0.1) is 0 Å². The van der Waals surface area contributed by atoms with E-state index in [-0.39, 0.29) is 37.5 Å². The van der Waals surface area contributed by atoms with E-state index in [0.29, 0.717) is 19.3 Å². The molecule has 0 N–H and O–H groups in total. The van der Waals surface area contributed by atoms with Gasteiger partial charge in [0, 0.05) is 19.3 Å². The standard InChI is InChI=1S/C62H110O6/c1-4-7-10-13-16-19-22-25-27-29-31-33-34-37-40-43-46-49-52-55-61(64)67-58-59(57-66-60(63)54-51-48-45-42-39-36-24-21-18-15-12-9-6-3)68-62(65)56-53-50-47-44-41-38-35-32-30-28-26-23-20-17-14-11-8-5-2/h23,26,28,30,32,35-36,39,45,48,59H,4-22,24-25,27,29,31,33-34,37-38,40-44,46-47,49-58H2,1-3H3/b26-23-,30-28-,35-32-,39-36-,48-45-. The molecule has 0 saturated heterocycles. The summed E-state index contributed by atoms with van der Waals surface area (Å²) in [7, 11) is 0. The third-order valence-corrected chi connectivity index (χ3v) is 12.8. The summed E-state index contributed by atoms with van der Waals surface area (Å²) in [6, 6.07) is 0. The molecule has 0 heterocycles. The van der Waals surface area contributed by atoms with Gasteiger partial charge >= 0.3 is 17.9 Å². The quantitative estimate of drug-likeness (QED) is 0.0199. The SMILES string of the molecule is CCCCCCC\C=C/C=C\C=C/CCCCCCCC(=O)OC(COC(=O)CC/C=C\C/C=C\CCCCCCCC)COC(=O)CCCCCCCCCCCCCCCCCCCCC. The van der Waals surface area contributed by atoms with Crippen LogP contribution in [0.5, 0.6) is 0 Å². The van der Waals surface area contributed by atoms with E-state index in [1.165, 1.54) is 173 Å². The van der Waals surface area contributed by atoms with Gasteiger partial charge in [0.25, 0.3) is 0 Å². The third kappa shape index (κ3) is 54.1. The first-order valence-corrected chi connectivity index (χ1v) is 29.3. The first-order chi connectivity index (χ1) is 33.5. The first kappa shape index (κ1) is 65.1. The molecule has 0 fully saturated rings. The van der Waals surface area contributed by atoms with Gasteiger partial charge < -0.3 is 14.2 Å². The number of esters is 3. The Morgan fingerprint density at radius 3 is 1.01 bits per heavy atom. The van der Waals surface area contributed by atoms with Crippen molar-refractivity contribution in [2.45, 2.75) is 303 Å². The van der Waals surface area contributed by atoms with Gasteiger partial charge in [-0.1, -0.05) is 274 Å². The van der Waals surface area contributed by atoms with Crippen molar-refractivity contribution < 1.29 is 28.6 Å². The highest BCUT2D eigenvalue weighted by Crippen LogP contribution is 2.16. The van der Waals surface area contributed by atoms with Crippen LogP contribution < -0.4 is 0 Å². The lowest BCUT2D eigenvalue weighted by Gasteiger charge is -2.18. The second-order valence-corrected chi connectivity index (χ2v) is 19.6. The minimum Gasteiger partial charge on any atom is -0.462 e. The van der Waals surface area contributed by atoms with Crippen LogP contribution in [0.2, 0.25) is 0 Å². The van der Waals surface area contributed by atoms with Crippen LogP contribution in [0.25, 0.3) is 0 Å². The Hall–Kier alpha value is -2.89. The summed E-state index contributed by atoms with van der Waals surface area (Å²) in [6.45, 7) is 6.58. The van der Waals surface area contributed by atoms with Crippen LogP contribution in [0.3, 0.4) is 0 Å². The van der Waals surface area contributed by atoms with E-state index in [9.17, 15) is 14.4 Å². The van der Waals surface area contributed by atoms with E-state index in [0.717, 1.165) is 77.0 Å². The summed E-state index contributed by atoms with van der Waals surface area (Å²) in [5, 5.41) is 0. The lowest BCUT2D eigenvalue weighted by molar-refractivity contribution is -0.166. The minimum absolute atomic E-state index is 0.0971. The average Bonchev–Trinajstić information content (AvgIpc) is 3.34. The number of rotatable bonds is 53. The highest BCUT2D eigenvalue weighted by atomic mass is 16.6. The van der Waals surface area contributed by atoms with Gasteiger partial charge in [0.05, 0.1) is 0 Å². The molecule has 68 heavy (non-hydrogen) atoms. The molecule has 0 amide bonds. The molecular formula is C62H110O6. The zero-order valence-corrected chi connectivity index (χ0v) is 45.1. The minimum atomic E-state index is -0.806. The monoisotopic (exact) mass is 951 g/mol. The Balaban J connectivity index is 4.42. The molecule has 0 saturated carbocycles. The smallest absolute Gasteiger partial charge is 0.306 e. The van der Waals surface area contributed by atoms with Gasteiger partial charge in [-0.2, -0.15) is 0 Å². The van der Waals surface area contributed by atoms with Crippen LogP contribution in [0.15, 0.2) is 60.8 Å². The van der Waals surface area contributed by atoms with Crippen molar-refractivity contribution in [1.82, 2.24) is 0 Å². The molecule has 0 aliphatic rings. The molecular weight excluding hydrogens is 841 g/mol. The fourth-order valence-corrected chi connectivity index (χ4v) is 8.38. The van der Waals surface area contributed by atoms with Crippen LogP contribution in [-0.2, 0) is 28.6 Å². The summed E-state index contributed by atoms with van der Waals surface area (Å²) in [5.41, 5.74) is 0. The lowest BCUT2D eigenvalue weighted by Crippen LogP contribution is -2.30. The Morgan fingerprint density at radius 1 is 0.309 bits per heavy atom. The Labute approximate surface area is 421 Å². The van der Waals surface area contributed by atoms with Crippen molar-refractivity contribution in [1.29, 1.82) is 0 Å². The van der Waals surface area contributed by atoms with Crippen LogP contribution in [0.4, 0.5) is 0 Å². The van der Waals surface area contributed by atoms with Gasteiger partial charge in [0.15, 0.2) is 6.10 Å². The maximum absolute atomic E-state index is 12.8. The van der Waals surface area contributed by atoms with Gasteiger partial charge in [-0.25, -0.2) is 0 Å². The maximum Gasteiger partial charge on any atom is 0.306 e. The number of carbonyl (C=O) groups excluding carboxylic acids is 3. The lowest BCUT2D eigenvalue weighted by atomic mass is 10.0. The zero-order chi connectivity index (χ0) is 49.3. The van der Waals surface area contributed by atoms with Crippen molar-refractivity contribution in [3.8, 4) is 0 Å². The molecule has 1 unspecified atom stereocenters.